The summed E-state index contributed by atoms with van der Waals surface area (Å²) in [6.07, 6.45) is -4.64. The van der Waals surface area contributed by atoms with Gasteiger partial charge in [0.1, 0.15) is 53.0 Å². The maximum absolute atomic E-state index is 10.9. The van der Waals surface area contributed by atoms with Crippen molar-refractivity contribution in [3.8, 4) is 0 Å². The Kier molecular flexibility index (Phi) is 9.94. The van der Waals surface area contributed by atoms with E-state index in [9.17, 15) is 20.0 Å². The van der Waals surface area contributed by atoms with Crippen molar-refractivity contribution < 1.29 is 47.6 Å². The van der Waals surface area contributed by atoms with Crippen molar-refractivity contribution in [1.29, 1.82) is 0 Å². The second kappa shape index (κ2) is 13.4. The molecule has 20 nitrogen and oxygen atoms in total. The first-order chi connectivity index (χ1) is 22.2. The Labute approximate surface area is 284 Å². The number of aliphatic hydroxyl groups is 2. The fraction of sp³-hybridized carbons (Fsp3) is 0.524. The minimum atomic E-state index is -4.06. The van der Waals surface area contributed by atoms with E-state index in [2.05, 4.69) is 41.7 Å². The Hall–Kier alpha value is -1.96. The third-order valence-corrected chi connectivity index (χ3v) is 11.2. The molecule has 4 aromatic rings. The van der Waals surface area contributed by atoms with E-state index in [1.807, 2.05) is 0 Å². The maximum Gasteiger partial charge on any atom is 0.327 e. The predicted molar refractivity (Wildman–Crippen MR) is 175 cm³/mol. The first-order valence-corrected chi connectivity index (χ1v) is 19.5. The van der Waals surface area contributed by atoms with Gasteiger partial charge < -0.3 is 69.0 Å². The van der Waals surface area contributed by atoms with Gasteiger partial charge in [0.15, 0.2) is 27.4 Å². The van der Waals surface area contributed by atoms with Gasteiger partial charge in [0.05, 0.1) is 32.0 Å². The SMILES string of the molecule is COP(=S)(OC[C@H]1O[C@@H](n2cnc3c(=S)nc(N)[nH]c32)C(O)C1O)OC1C[C@H](n2cnc3c(=S)nc(N)[nH]c32)O[C@@H]1COP(O)(O)=S. The average Bonchev–Trinajstić information content (AvgIpc) is 3.76. The van der Waals surface area contributed by atoms with Crippen LogP contribution in [-0.4, -0.2) is 110 Å². The summed E-state index contributed by atoms with van der Waals surface area (Å²) in [4.78, 5) is 41.6. The topological polar surface area (TPSA) is 281 Å². The number of nitrogens with one attached hydrogen (secondary N) is 2. The van der Waals surface area contributed by atoms with Gasteiger partial charge >= 0.3 is 13.4 Å². The number of anilines is 2. The number of aromatic amines is 2. The smallest absolute Gasteiger partial charge is 0.327 e. The highest BCUT2D eigenvalue weighted by Gasteiger charge is 2.46. The molecule has 0 aromatic carbocycles. The molecule has 8 atom stereocenters. The van der Waals surface area contributed by atoms with Gasteiger partial charge in [-0.1, -0.05) is 24.4 Å². The van der Waals surface area contributed by atoms with Gasteiger partial charge in [-0.05, 0) is 23.6 Å². The highest BCUT2D eigenvalue weighted by atomic mass is 32.5. The van der Waals surface area contributed by atoms with Gasteiger partial charge in [-0.15, -0.1) is 0 Å². The van der Waals surface area contributed by atoms with Crippen LogP contribution in [0.4, 0.5) is 11.9 Å². The minimum Gasteiger partial charge on any atom is -0.387 e. The molecule has 0 spiro atoms. The molecule has 0 bridgehead atoms. The molecule has 6 rings (SSSR count). The fourth-order valence-corrected chi connectivity index (χ4v) is 7.84. The Morgan fingerprint density at radius 1 is 0.915 bits per heavy atom. The predicted octanol–water partition coefficient (Wildman–Crippen LogP) is 0.561. The van der Waals surface area contributed by atoms with Crippen LogP contribution in [0.1, 0.15) is 18.9 Å². The van der Waals surface area contributed by atoms with Crippen molar-refractivity contribution in [3.63, 3.8) is 0 Å². The molecule has 0 aliphatic carbocycles. The number of ether oxygens (including phenoxy) is 2. The largest absolute Gasteiger partial charge is 0.387 e. The normalized spacial score (nSPS) is 28.0. The molecular formula is C21H28N10O10P2S4. The Morgan fingerprint density at radius 3 is 2.09 bits per heavy atom. The van der Waals surface area contributed by atoms with Gasteiger partial charge in [-0.2, -0.15) is 0 Å². The second-order valence-electron chi connectivity index (χ2n) is 10.3. The summed E-state index contributed by atoms with van der Waals surface area (Å²) in [5.41, 5.74) is 13.1. The second-order valence-corrected chi connectivity index (χ2v) is 16.8. The molecule has 26 heteroatoms. The number of fused-ring (bicyclic) bond motifs is 2. The number of nitrogen functional groups attached to an aromatic ring is 2. The number of nitrogens with zero attached hydrogens (tertiary/aromatic N) is 6. The Bertz CT molecular complexity index is 2020. The molecule has 0 amide bonds. The summed E-state index contributed by atoms with van der Waals surface area (Å²) in [6.45, 7) is -8.40. The summed E-state index contributed by atoms with van der Waals surface area (Å²) >= 11 is 20.7. The summed E-state index contributed by atoms with van der Waals surface area (Å²) in [7, 11) is 1.28. The average molecular weight is 771 g/mol. The summed E-state index contributed by atoms with van der Waals surface area (Å²) in [6, 6.07) is 0. The molecule has 4 unspecified atom stereocenters. The highest BCUT2D eigenvalue weighted by molar-refractivity contribution is 8.07. The summed E-state index contributed by atoms with van der Waals surface area (Å²) in [5.74, 6) is 0.0922. The molecule has 2 fully saturated rings. The van der Waals surface area contributed by atoms with Crippen LogP contribution in [0.25, 0.3) is 22.3 Å². The number of rotatable bonds is 11. The molecule has 256 valence electrons. The standard InChI is InChI=1S/C21H28N10O10P2S4/c1-36-43(47,38-4-9-13(32)14(33)19(40-9)31-6-25-12-16(31)27-21(23)29-18(12)45)41-7-2-10(39-8(7)3-37-42(34,35)46)30-5-24-11-15(30)26-20(22)28-17(11)44/h5-10,13-14,19,32-33H,2-4H2,1H3,(H2,34,35,46)(H3,22,26,28,44)(H3,23,27,29,45)/t7?,8-,9-,10-,13?,14?,19-,43?/m1/s1. The number of aromatic nitrogens is 8. The van der Waals surface area contributed by atoms with Gasteiger partial charge in [0.25, 0.3) is 0 Å². The van der Waals surface area contributed by atoms with Crippen LogP contribution in [0.15, 0.2) is 12.7 Å². The van der Waals surface area contributed by atoms with Crippen molar-refractivity contribution >= 4 is 95.7 Å². The van der Waals surface area contributed by atoms with Crippen LogP contribution >= 0.6 is 37.9 Å². The molecular weight excluding hydrogens is 743 g/mol. The molecule has 4 aromatic heterocycles. The van der Waals surface area contributed by atoms with Crippen molar-refractivity contribution in [2.24, 2.45) is 0 Å². The molecule has 10 N–H and O–H groups in total. The number of H-pyrrole nitrogens is 2. The van der Waals surface area contributed by atoms with Crippen molar-refractivity contribution in [2.75, 3.05) is 31.8 Å². The van der Waals surface area contributed by atoms with E-state index in [1.165, 1.54) is 24.3 Å². The van der Waals surface area contributed by atoms with Gasteiger partial charge in [-0.3, -0.25) is 9.13 Å². The van der Waals surface area contributed by atoms with Crippen molar-refractivity contribution in [1.82, 2.24) is 39.0 Å². The molecule has 6 heterocycles. The van der Waals surface area contributed by atoms with Crippen LogP contribution in [0, 0.1) is 9.28 Å². The molecule has 2 aliphatic rings. The van der Waals surface area contributed by atoms with E-state index in [-0.39, 0.29) is 40.8 Å². The number of imidazole rings is 2. The van der Waals surface area contributed by atoms with E-state index in [1.54, 1.807) is 4.57 Å². The molecule has 2 aliphatic heterocycles. The first kappa shape index (κ1) is 34.9. The van der Waals surface area contributed by atoms with Gasteiger partial charge in [0.2, 0.25) is 0 Å². The summed E-state index contributed by atoms with van der Waals surface area (Å²) in [5, 5.41) is 21.7. The highest BCUT2D eigenvalue weighted by Crippen LogP contribution is 2.54. The van der Waals surface area contributed by atoms with Gasteiger partial charge in [-0.25, -0.2) is 19.9 Å². The first-order valence-electron chi connectivity index (χ1n) is 13.5. The number of aliphatic hydroxyl groups excluding tert-OH is 2. The van der Waals surface area contributed by atoms with E-state index >= 15 is 0 Å². The maximum atomic E-state index is 10.9. The molecule has 2 saturated heterocycles. The van der Waals surface area contributed by atoms with E-state index < -0.39 is 56.4 Å². The zero-order valence-electron chi connectivity index (χ0n) is 23.9. The number of hydrogen-bond donors (Lipinski definition) is 8. The lowest BCUT2D eigenvalue weighted by Crippen LogP contribution is -2.34. The molecule has 47 heavy (non-hydrogen) atoms. The zero-order valence-corrected chi connectivity index (χ0v) is 29.0. The van der Waals surface area contributed by atoms with Crippen molar-refractivity contribution in [3.05, 3.63) is 21.9 Å². The van der Waals surface area contributed by atoms with Crippen LogP contribution in [0.5, 0.6) is 0 Å². The van der Waals surface area contributed by atoms with Crippen LogP contribution in [-0.2, 0) is 51.2 Å². The lowest BCUT2D eigenvalue weighted by molar-refractivity contribution is -0.0545. The van der Waals surface area contributed by atoms with E-state index in [0.29, 0.717) is 22.3 Å². The lowest BCUT2D eigenvalue weighted by atomic mass is 10.1. The van der Waals surface area contributed by atoms with Crippen LogP contribution in [0.3, 0.4) is 0 Å². The minimum absolute atomic E-state index is 0.0285. The zero-order chi connectivity index (χ0) is 33.8. The molecule has 0 saturated carbocycles. The van der Waals surface area contributed by atoms with E-state index in [0.717, 1.165) is 0 Å². The van der Waals surface area contributed by atoms with Crippen LogP contribution in [0.2, 0.25) is 0 Å². The third-order valence-electron chi connectivity index (χ3n) is 7.32. The Morgan fingerprint density at radius 2 is 1.49 bits per heavy atom. The Balaban J connectivity index is 1.18. The number of nitrogens with two attached hydrogens (primary N) is 2. The summed E-state index contributed by atoms with van der Waals surface area (Å²) < 4.78 is 38.1. The van der Waals surface area contributed by atoms with Gasteiger partial charge in [0, 0.05) is 13.5 Å². The molecule has 0 radical (unpaired) electrons. The number of hydrogen-bond acceptors (Lipinski definition) is 18. The van der Waals surface area contributed by atoms with Crippen LogP contribution < -0.4 is 11.5 Å². The van der Waals surface area contributed by atoms with E-state index in [4.69, 9.17) is 75.3 Å². The fourth-order valence-electron chi connectivity index (χ4n) is 5.17. The quantitative estimate of drug-likeness (QED) is 0.0764. The third kappa shape index (κ3) is 7.19. The monoisotopic (exact) mass is 770 g/mol. The van der Waals surface area contributed by atoms with Crippen molar-refractivity contribution in [2.45, 2.75) is 49.4 Å². The lowest BCUT2D eigenvalue weighted by Gasteiger charge is -2.27.